The molecule has 22 heavy (non-hydrogen) atoms. The quantitative estimate of drug-likeness (QED) is 0.692. The van der Waals surface area contributed by atoms with Crippen molar-refractivity contribution in [2.75, 3.05) is 5.32 Å². The van der Waals surface area contributed by atoms with Crippen LogP contribution in [0, 0.1) is 12.7 Å². The van der Waals surface area contributed by atoms with Crippen molar-refractivity contribution in [2.24, 2.45) is 0 Å². The SMILES string of the molecule is Cc1ccccc1Nc1cc(Cl)nc(-c2ccc(F)cc2)n1. The van der Waals surface area contributed by atoms with Crippen molar-refractivity contribution in [3.63, 3.8) is 0 Å². The molecule has 0 fully saturated rings. The molecule has 3 nitrogen and oxygen atoms in total. The summed E-state index contributed by atoms with van der Waals surface area (Å²) in [6.07, 6.45) is 0. The number of nitrogens with one attached hydrogen (secondary N) is 1. The first kappa shape index (κ1) is 14.5. The second-order valence-electron chi connectivity index (χ2n) is 4.85. The van der Waals surface area contributed by atoms with Gasteiger partial charge in [0.15, 0.2) is 5.82 Å². The van der Waals surface area contributed by atoms with Crippen LogP contribution in [0.2, 0.25) is 5.15 Å². The number of anilines is 2. The third kappa shape index (κ3) is 3.23. The topological polar surface area (TPSA) is 37.8 Å². The summed E-state index contributed by atoms with van der Waals surface area (Å²) in [7, 11) is 0. The van der Waals surface area contributed by atoms with E-state index in [0.29, 0.717) is 22.4 Å². The van der Waals surface area contributed by atoms with Gasteiger partial charge in [0.05, 0.1) is 0 Å². The molecular weight excluding hydrogens is 301 g/mol. The fourth-order valence-electron chi connectivity index (χ4n) is 2.06. The van der Waals surface area contributed by atoms with Gasteiger partial charge in [-0.3, -0.25) is 0 Å². The molecule has 1 aromatic heterocycles. The van der Waals surface area contributed by atoms with Gasteiger partial charge in [-0.2, -0.15) is 0 Å². The maximum Gasteiger partial charge on any atom is 0.163 e. The summed E-state index contributed by atoms with van der Waals surface area (Å²) in [4.78, 5) is 8.63. The Balaban J connectivity index is 1.96. The molecule has 110 valence electrons. The van der Waals surface area contributed by atoms with Crippen LogP contribution in [0.25, 0.3) is 11.4 Å². The molecule has 1 heterocycles. The number of nitrogens with zero attached hydrogens (tertiary/aromatic N) is 2. The molecule has 1 N–H and O–H groups in total. The molecule has 0 saturated heterocycles. The van der Waals surface area contributed by atoms with Crippen LogP contribution in [0.4, 0.5) is 15.9 Å². The maximum atomic E-state index is 13.0. The fraction of sp³-hybridized carbons (Fsp3) is 0.0588. The molecule has 0 bridgehead atoms. The normalized spacial score (nSPS) is 10.5. The number of halogens is 2. The first-order chi connectivity index (χ1) is 10.6. The number of aryl methyl sites for hydroxylation is 1. The van der Waals surface area contributed by atoms with E-state index in [0.717, 1.165) is 11.3 Å². The van der Waals surface area contributed by atoms with Gasteiger partial charge in [0.25, 0.3) is 0 Å². The zero-order chi connectivity index (χ0) is 15.5. The Labute approximate surface area is 132 Å². The first-order valence-corrected chi connectivity index (χ1v) is 7.13. The minimum absolute atomic E-state index is 0.302. The Hall–Kier alpha value is -2.46. The lowest BCUT2D eigenvalue weighted by Crippen LogP contribution is -1.99. The predicted molar refractivity (Wildman–Crippen MR) is 86.9 cm³/mol. The second kappa shape index (κ2) is 6.12. The standard InChI is InChI=1S/C17H13ClFN3/c1-11-4-2-3-5-14(11)20-16-10-15(18)21-17(22-16)12-6-8-13(19)9-7-12/h2-10H,1H3,(H,20,21,22). The van der Waals surface area contributed by atoms with Gasteiger partial charge in [0.1, 0.15) is 16.8 Å². The molecule has 2 aromatic carbocycles. The Morgan fingerprint density at radius 2 is 1.73 bits per heavy atom. The molecule has 0 aliphatic rings. The summed E-state index contributed by atoms with van der Waals surface area (Å²) >= 11 is 6.07. The molecule has 0 amide bonds. The van der Waals surface area contributed by atoms with Crippen LogP contribution in [-0.4, -0.2) is 9.97 Å². The molecule has 3 aromatic rings. The lowest BCUT2D eigenvalue weighted by atomic mass is 10.2. The number of hydrogen-bond acceptors (Lipinski definition) is 3. The molecule has 3 rings (SSSR count). The van der Waals surface area contributed by atoms with Crippen molar-refractivity contribution < 1.29 is 4.39 Å². The van der Waals surface area contributed by atoms with Gasteiger partial charge in [-0.15, -0.1) is 0 Å². The minimum atomic E-state index is -0.302. The zero-order valence-electron chi connectivity index (χ0n) is 11.8. The van der Waals surface area contributed by atoms with Crippen LogP contribution in [0.5, 0.6) is 0 Å². The van der Waals surface area contributed by atoms with Gasteiger partial charge in [-0.25, -0.2) is 14.4 Å². The molecule has 0 aliphatic heterocycles. The number of hydrogen-bond donors (Lipinski definition) is 1. The van der Waals surface area contributed by atoms with E-state index in [-0.39, 0.29) is 5.82 Å². The average Bonchev–Trinajstić information content (AvgIpc) is 2.50. The monoisotopic (exact) mass is 313 g/mol. The molecule has 0 aliphatic carbocycles. The van der Waals surface area contributed by atoms with E-state index in [1.165, 1.54) is 12.1 Å². The van der Waals surface area contributed by atoms with E-state index in [1.807, 2.05) is 31.2 Å². The molecule has 0 spiro atoms. The minimum Gasteiger partial charge on any atom is -0.340 e. The smallest absolute Gasteiger partial charge is 0.163 e. The van der Waals surface area contributed by atoms with Gasteiger partial charge >= 0.3 is 0 Å². The molecule has 0 saturated carbocycles. The van der Waals surface area contributed by atoms with Crippen LogP contribution in [0.15, 0.2) is 54.6 Å². The van der Waals surface area contributed by atoms with Crippen LogP contribution in [0.3, 0.4) is 0 Å². The molecule has 0 atom stereocenters. The van der Waals surface area contributed by atoms with Gasteiger partial charge in [0.2, 0.25) is 0 Å². The largest absolute Gasteiger partial charge is 0.340 e. The summed E-state index contributed by atoms with van der Waals surface area (Å²) in [5.74, 6) is 0.737. The number of benzene rings is 2. The molecule has 5 heteroatoms. The first-order valence-electron chi connectivity index (χ1n) is 6.75. The zero-order valence-corrected chi connectivity index (χ0v) is 12.6. The van der Waals surface area contributed by atoms with Gasteiger partial charge in [-0.1, -0.05) is 29.8 Å². The summed E-state index contributed by atoms with van der Waals surface area (Å²) in [5, 5.41) is 3.55. The van der Waals surface area contributed by atoms with Crippen LogP contribution in [0.1, 0.15) is 5.56 Å². The Morgan fingerprint density at radius 1 is 1.00 bits per heavy atom. The summed E-state index contributed by atoms with van der Waals surface area (Å²) in [5.41, 5.74) is 2.75. The van der Waals surface area contributed by atoms with Crippen LogP contribution in [-0.2, 0) is 0 Å². The Morgan fingerprint density at radius 3 is 2.45 bits per heavy atom. The van der Waals surface area contributed by atoms with E-state index in [2.05, 4.69) is 15.3 Å². The molecule has 0 unspecified atom stereocenters. The highest BCUT2D eigenvalue weighted by Gasteiger charge is 2.07. The van der Waals surface area contributed by atoms with Gasteiger partial charge in [0, 0.05) is 17.3 Å². The predicted octanol–water partition coefficient (Wildman–Crippen LogP) is 4.99. The lowest BCUT2D eigenvalue weighted by molar-refractivity contribution is 0.628. The highest BCUT2D eigenvalue weighted by atomic mass is 35.5. The Kier molecular flexibility index (Phi) is 4.02. The summed E-state index contributed by atoms with van der Waals surface area (Å²) in [6.45, 7) is 2.01. The van der Waals surface area contributed by atoms with Crippen molar-refractivity contribution in [1.29, 1.82) is 0 Å². The third-order valence-corrected chi connectivity index (χ3v) is 3.40. The molecule has 0 radical (unpaired) electrons. The van der Waals surface area contributed by atoms with E-state index in [4.69, 9.17) is 11.6 Å². The van der Waals surface area contributed by atoms with Crippen molar-refractivity contribution in [3.8, 4) is 11.4 Å². The number of rotatable bonds is 3. The molecular formula is C17H13ClFN3. The summed E-state index contributed by atoms with van der Waals surface area (Å²) < 4.78 is 13.0. The van der Waals surface area contributed by atoms with Crippen molar-refractivity contribution in [1.82, 2.24) is 9.97 Å². The lowest BCUT2D eigenvalue weighted by Gasteiger charge is -2.10. The summed E-state index contributed by atoms with van der Waals surface area (Å²) in [6, 6.07) is 15.5. The number of aromatic nitrogens is 2. The van der Waals surface area contributed by atoms with E-state index in [9.17, 15) is 4.39 Å². The second-order valence-corrected chi connectivity index (χ2v) is 5.23. The highest BCUT2D eigenvalue weighted by molar-refractivity contribution is 6.29. The third-order valence-electron chi connectivity index (χ3n) is 3.21. The van der Waals surface area contributed by atoms with Gasteiger partial charge in [-0.05, 0) is 42.8 Å². The van der Waals surface area contributed by atoms with Crippen molar-refractivity contribution in [2.45, 2.75) is 6.92 Å². The van der Waals surface area contributed by atoms with Crippen molar-refractivity contribution >= 4 is 23.1 Å². The average molecular weight is 314 g/mol. The highest BCUT2D eigenvalue weighted by Crippen LogP contribution is 2.24. The van der Waals surface area contributed by atoms with Crippen LogP contribution >= 0.6 is 11.6 Å². The maximum absolute atomic E-state index is 13.0. The fourth-order valence-corrected chi connectivity index (χ4v) is 2.24. The van der Waals surface area contributed by atoms with Crippen molar-refractivity contribution in [3.05, 3.63) is 71.1 Å². The van der Waals surface area contributed by atoms with Gasteiger partial charge < -0.3 is 5.32 Å². The van der Waals surface area contributed by atoms with E-state index >= 15 is 0 Å². The number of para-hydroxylation sites is 1. The van der Waals surface area contributed by atoms with Crippen LogP contribution < -0.4 is 5.32 Å². The Bertz CT molecular complexity index is 803. The van der Waals surface area contributed by atoms with E-state index < -0.39 is 0 Å². The van der Waals surface area contributed by atoms with E-state index in [1.54, 1.807) is 18.2 Å².